The van der Waals surface area contributed by atoms with E-state index in [2.05, 4.69) is 17.5 Å². The highest BCUT2D eigenvalue weighted by molar-refractivity contribution is 7.10. The molecule has 0 amide bonds. The Hall–Kier alpha value is -1.32. The second-order valence-electron chi connectivity index (χ2n) is 3.97. The van der Waals surface area contributed by atoms with E-state index < -0.39 is 0 Å². The van der Waals surface area contributed by atoms with Crippen LogP contribution in [0.5, 0.6) is 5.75 Å². The van der Waals surface area contributed by atoms with Gasteiger partial charge in [-0.1, -0.05) is 24.3 Å². The normalized spacial score (nSPS) is 12.4. The van der Waals surface area contributed by atoms with Crippen LogP contribution in [0.1, 0.15) is 22.9 Å². The van der Waals surface area contributed by atoms with Gasteiger partial charge in [-0.25, -0.2) is 0 Å². The minimum atomic E-state index is 0.125. The summed E-state index contributed by atoms with van der Waals surface area (Å²) in [6.07, 6.45) is 1.89. The summed E-state index contributed by atoms with van der Waals surface area (Å²) in [7, 11) is 1.71. The molecule has 1 unspecified atom stereocenters. The monoisotopic (exact) mass is 247 g/mol. The van der Waals surface area contributed by atoms with E-state index in [-0.39, 0.29) is 6.04 Å². The average molecular weight is 247 g/mol. The summed E-state index contributed by atoms with van der Waals surface area (Å²) in [4.78, 5) is 1.25. The number of methoxy groups -OCH3 is 1. The van der Waals surface area contributed by atoms with Gasteiger partial charge in [0.2, 0.25) is 0 Å². The van der Waals surface area contributed by atoms with E-state index in [1.807, 2.05) is 24.3 Å². The lowest BCUT2D eigenvalue weighted by molar-refractivity contribution is 0.408. The van der Waals surface area contributed by atoms with Gasteiger partial charge in [-0.05, 0) is 35.9 Å². The van der Waals surface area contributed by atoms with Gasteiger partial charge in [0.15, 0.2) is 0 Å². The highest BCUT2D eigenvalue weighted by atomic mass is 32.1. The first-order valence-electron chi connectivity index (χ1n) is 5.72. The third-order valence-electron chi connectivity index (χ3n) is 2.83. The first-order chi connectivity index (χ1) is 8.31. The molecule has 0 aliphatic carbocycles. The summed E-state index contributed by atoms with van der Waals surface area (Å²) in [5.41, 5.74) is 7.37. The highest BCUT2D eigenvalue weighted by Crippen LogP contribution is 2.24. The van der Waals surface area contributed by atoms with Crippen LogP contribution in [0.4, 0.5) is 0 Å². The Morgan fingerprint density at radius 1 is 1.24 bits per heavy atom. The summed E-state index contributed by atoms with van der Waals surface area (Å²) in [6.45, 7) is 0. The molecule has 2 rings (SSSR count). The SMILES string of the molecule is COc1ccccc1CCC(N)c1cccs1. The fourth-order valence-corrected chi connectivity index (χ4v) is 2.63. The maximum Gasteiger partial charge on any atom is 0.122 e. The first kappa shape index (κ1) is 12.1. The van der Waals surface area contributed by atoms with Crippen LogP contribution in [0.25, 0.3) is 0 Å². The molecular weight excluding hydrogens is 230 g/mol. The number of benzene rings is 1. The van der Waals surface area contributed by atoms with E-state index in [0.29, 0.717) is 0 Å². The minimum absolute atomic E-state index is 0.125. The van der Waals surface area contributed by atoms with Crippen molar-refractivity contribution in [1.29, 1.82) is 0 Å². The molecule has 0 aliphatic rings. The molecule has 2 aromatic rings. The van der Waals surface area contributed by atoms with E-state index in [0.717, 1.165) is 18.6 Å². The summed E-state index contributed by atoms with van der Waals surface area (Å²) in [6, 6.07) is 12.4. The number of rotatable bonds is 5. The smallest absolute Gasteiger partial charge is 0.122 e. The van der Waals surface area contributed by atoms with E-state index in [9.17, 15) is 0 Å². The summed E-state index contributed by atoms with van der Waals surface area (Å²) in [5.74, 6) is 0.950. The lowest BCUT2D eigenvalue weighted by Gasteiger charge is -2.11. The molecule has 1 aromatic heterocycles. The Balaban J connectivity index is 1.98. The molecule has 2 nitrogen and oxygen atoms in total. The second-order valence-corrected chi connectivity index (χ2v) is 4.95. The molecule has 1 aromatic carbocycles. The predicted molar refractivity (Wildman–Crippen MR) is 72.6 cm³/mol. The van der Waals surface area contributed by atoms with Gasteiger partial charge in [0, 0.05) is 10.9 Å². The van der Waals surface area contributed by atoms with Gasteiger partial charge in [0.25, 0.3) is 0 Å². The van der Waals surface area contributed by atoms with Crippen molar-refractivity contribution in [3.8, 4) is 5.75 Å². The van der Waals surface area contributed by atoms with Gasteiger partial charge < -0.3 is 10.5 Å². The number of thiophene rings is 1. The fourth-order valence-electron chi connectivity index (χ4n) is 1.87. The minimum Gasteiger partial charge on any atom is -0.496 e. The van der Waals surface area contributed by atoms with Crippen LogP contribution in [0, 0.1) is 0 Å². The molecule has 0 fully saturated rings. The van der Waals surface area contributed by atoms with Crippen LogP contribution in [0.15, 0.2) is 41.8 Å². The van der Waals surface area contributed by atoms with Crippen molar-refractivity contribution in [1.82, 2.24) is 0 Å². The number of hydrogen-bond donors (Lipinski definition) is 1. The lowest BCUT2D eigenvalue weighted by Crippen LogP contribution is -2.09. The molecule has 0 saturated carbocycles. The van der Waals surface area contributed by atoms with Gasteiger partial charge in [0.1, 0.15) is 5.75 Å². The number of nitrogens with two attached hydrogens (primary N) is 1. The molecule has 90 valence electrons. The maximum absolute atomic E-state index is 6.15. The quantitative estimate of drug-likeness (QED) is 0.879. The van der Waals surface area contributed by atoms with Gasteiger partial charge in [-0.2, -0.15) is 0 Å². The van der Waals surface area contributed by atoms with Crippen LogP contribution < -0.4 is 10.5 Å². The molecule has 17 heavy (non-hydrogen) atoms. The zero-order valence-corrected chi connectivity index (χ0v) is 10.7. The summed E-state index contributed by atoms with van der Waals surface area (Å²) >= 11 is 1.72. The number of ether oxygens (including phenoxy) is 1. The predicted octanol–water partition coefficient (Wildman–Crippen LogP) is 3.39. The first-order valence-corrected chi connectivity index (χ1v) is 6.60. The zero-order valence-electron chi connectivity index (χ0n) is 9.93. The highest BCUT2D eigenvalue weighted by Gasteiger charge is 2.09. The summed E-state index contributed by atoms with van der Waals surface area (Å²) < 4.78 is 5.33. The van der Waals surface area contributed by atoms with Gasteiger partial charge in [-0.15, -0.1) is 11.3 Å². The van der Waals surface area contributed by atoms with E-state index in [1.165, 1.54) is 10.4 Å². The molecule has 1 heterocycles. The van der Waals surface area contributed by atoms with E-state index in [1.54, 1.807) is 18.4 Å². The van der Waals surface area contributed by atoms with Gasteiger partial charge in [0.05, 0.1) is 7.11 Å². The van der Waals surface area contributed by atoms with Crippen molar-refractivity contribution in [2.75, 3.05) is 7.11 Å². The third kappa shape index (κ3) is 3.08. The molecule has 3 heteroatoms. The van der Waals surface area contributed by atoms with Crippen LogP contribution in [-0.2, 0) is 6.42 Å². The van der Waals surface area contributed by atoms with Crippen molar-refractivity contribution < 1.29 is 4.74 Å². The Labute approximate surface area is 106 Å². The lowest BCUT2D eigenvalue weighted by atomic mass is 10.0. The average Bonchev–Trinajstić information content (AvgIpc) is 2.90. The van der Waals surface area contributed by atoms with Crippen molar-refractivity contribution in [3.63, 3.8) is 0 Å². The van der Waals surface area contributed by atoms with Crippen LogP contribution >= 0.6 is 11.3 Å². The Kier molecular flexibility index (Phi) is 4.18. The Bertz CT molecular complexity index is 453. The Morgan fingerprint density at radius 3 is 2.76 bits per heavy atom. The number of aryl methyl sites for hydroxylation is 1. The van der Waals surface area contributed by atoms with Crippen molar-refractivity contribution in [2.45, 2.75) is 18.9 Å². The van der Waals surface area contributed by atoms with Crippen molar-refractivity contribution in [2.24, 2.45) is 5.73 Å². The standard InChI is InChI=1S/C14H17NOS/c1-16-13-6-3-2-5-11(13)8-9-12(15)14-7-4-10-17-14/h2-7,10,12H,8-9,15H2,1H3. The van der Waals surface area contributed by atoms with Gasteiger partial charge >= 0.3 is 0 Å². The topological polar surface area (TPSA) is 35.2 Å². The molecule has 0 bridgehead atoms. The molecule has 0 spiro atoms. The fraction of sp³-hybridized carbons (Fsp3) is 0.286. The second kappa shape index (κ2) is 5.84. The van der Waals surface area contributed by atoms with E-state index in [4.69, 9.17) is 10.5 Å². The number of para-hydroxylation sites is 1. The van der Waals surface area contributed by atoms with Gasteiger partial charge in [-0.3, -0.25) is 0 Å². The Morgan fingerprint density at radius 2 is 2.06 bits per heavy atom. The third-order valence-corrected chi connectivity index (χ3v) is 3.83. The van der Waals surface area contributed by atoms with Crippen LogP contribution in [-0.4, -0.2) is 7.11 Å². The molecular formula is C14H17NOS. The zero-order chi connectivity index (χ0) is 12.1. The van der Waals surface area contributed by atoms with Crippen molar-refractivity contribution in [3.05, 3.63) is 52.2 Å². The molecule has 0 radical (unpaired) electrons. The largest absolute Gasteiger partial charge is 0.496 e. The molecule has 2 N–H and O–H groups in total. The molecule has 1 atom stereocenters. The molecule has 0 saturated heterocycles. The number of hydrogen-bond acceptors (Lipinski definition) is 3. The summed E-state index contributed by atoms with van der Waals surface area (Å²) in [5, 5.41) is 2.07. The maximum atomic E-state index is 6.15. The van der Waals surface area contributed by atoms with Crippen LogP contribution in [0.3, 0.4) is 0 Å². The molecule has 0 aliphatic heterocycles. The van der Waals surface area contributed by atoms with E-state index >= 15 is 0 Å². The van der Waals surface area contributed by atoms with Crippen molar-refractivity contribution >= 4 is 11.3 Å². The van der Waals surface area contributed by atoms with Crippen LogP contribution in [0.2, 0.25) is 0 Å².